The van der Waals surface area contributed by atoms with Gasteiger partial charge in [0.2, 0.25) is 0 Å². The number of aromatic nitrogens is 2. The molecular weight excluding hydrogens is 334 g/mol. The van der Waals surface area contributed by atoms with Crippen LogP contribution >= 0.6 is 15.9 Å². The van der Waals surface area contributed by atoms with E-state index in [0.29, 0.717) is 5.69 Å². The van der Waals surface area contributed by atoms with Crippen LogP contribution in [0.2, 0.25) is 0 Å². The Morgan fingerprint density at radius 1 is 1.48 bits per heavy atom. The Kier molecular flexibility index (Phi) is 5.01. The molecular formula is C15H18BrN3O2. The van der Waals surface area contributed by atoms with Crippen molar-refractivity contribution in [1.29, 1.82) is 0 Å². The van der Waals surface area contributed by atoms with Crippen molar-refractivity contribution >= 4 is 27.6 Å². The molecule has 112 valence electrons. The molecule has 0 amide bonds. The first kappa shape index (κ1) is 15.6. The van der Waals surface area contributed by atoms with E-state index < -0.39 is 0 Å². The molecule has 0 fully saturated rings. The van der Waals surface area contributed by atoms with Gasteiger partial charge in [0.15, 0.2) is 0 Å². The topological polar surface area (TPSA) is 70.1 Å². The molecule has 1 aromatic carbocycles. The SMILES string of the molecule is CCc1nn(C)c(COC(=O)Cc2cccc(N)c2)c1Br. The number of hydrogen-bond acceptors (Lipinski definition) is 4. The molecule has 0 aliphatic carbocycles. The maximum Gasteiger partial charge on any atom is 0.310 e. The number of rotatable bonds is 5. The summed E-state index contributed by atoms with van der Waals surface area (Å²) in [5.74, 6) is -0.285. The molecule has 0 spiro atoms. The van der Waals surface area contributed by atoms with E-state index in [-0.39, 0.29) is 19.0 Å². The minimum absolute atomic E-state index is 0.200. The molecule has 1 heterocycles. The molecule has 0 radical (unpaired) electrons. The number of aryl methyl sites for hydroxylation is 2. The van der Waals surface area contributed by atoms with Crippen LogP contribution < -0.4 is 5.73 Å². The quantitative estimate of drug-likeness (QED) is 0.663. The molecule has 21 heavy (non-hydrogen) atoms. The standard InChI is InChI=1S/C15H18BrN3O2/c1-3-12-15(16)13(19(2)18-12)9-21-14(20)8-10-5-4-6-11(17)7-10/h4-7H,3,8-9,17H2,1-2H3. The molecule has 6 heteroatoms. The zero-order valence-corrected chi connectivity index (χ0v) is 13.7. The molecule has 5 nitrogen and oxygen atoms in total. The second kappa shape index (κ2) is 6.76. The zero-order chi connectivity index (χ0) is 15.4. The van der Waals surface area contributed by atoms with Crippen LogP contribution in [0.5, 0.6) is 0 Å². The lowest BCUT2D eigenvalue weighted by molar-refractivity contribution is -0.144. The molecule has 0 bridgehead atoms. The Labute approximate surface area is 132 Å². The van der Waals surface area contributed by atoms with Crippen LogP contribution in [0, 0.1) is 0 Å². The van der Waals surface area contributed by atoms with Crippen LogP contribution in [0.15, 0.2) is 28.7 Å². The van der Waals surface area contributed by atoms with E-state index in [0.717, 1.165) is 27.8 Å². The second-order valence-electron chi connectivity index (χ2n) is 4.77. The summed E-state index contributed by atoms with van der Waals surface area (Å²) in [6, 6.07) is 7.24. The first-order valence-electron chi connectivity index (χ1n) is 6.71. The number of nitrogens with two attached hydrogens (primary N) is 1. The zero-order valence-electron chi connectivity index (χ0n) is 12.1. The number of nitrogen functional groups attached to an aromatic ring is 1. The normalized spacial score (nSPS) is 10.6. The van der Waals surface area contributed by atoms with Gasteiger partial charge in [-0.15, -0.1) is 0 Å². The van der Waals surface area contributed by atoms with Gasteiger partial charge in [-0.05, 0) is 40.0 Å². The molecule has 2 N–H and O–H groups in total. The van der Waals surface area contributed by atoms with Gasteiger partial charge in [0.05, 0.1) is 22.3 Å². The van der Waals surface area contributed by atoms with Crippen LogP contribution in [0.3, 0.4) is 0 Å². The van der Waals surface area contributed by atoms with E-state index >= 15 is 0 Å². The number of carbonyl (C=O) groups excluding carboxylic acids is 1. The molecule has 0 saturated heterocycles. The van der Waals surface area contributed by atoms with Gasteiger partial charge in [-0.25, -0.2) is 0 Å². The lowest BCUT2D eigenvalue weighted by atomic mass is 10.1. The van der Waals surface area contributed by atoms with Gasteiger partial charge in [0, 0.05) is 12.7 Å². The fraction of sp³-hybridized carbons (Fsp3) is 0.333. The van der Waals surface area contributed by atoms with Crippen LogP contribution in [-0.2, 0) is 36.0 Å². The predicted molar refractivity (Wildman–Crippen MR) is 84.6 cm³/mol. The van der Waals surface area contributed by atoms with Gasteiger partial charge in [-0.3, -0.25) is 9.48 Å². The van der Waals surface area contributed by atoms with Crippen molar-refractivity contribution in [1.82, 2.24) is 9.78 Å². The summed E-state index contributed by atoms with van der Waals surface area (Å²) in [5, 5.41) is 4.36. The molecule has 0 aliphatic rings. The number of esters is 1. The van der Waals surface area contributed by atoms with Crippen molar-refractivity contribution in [3.8, 4) is 0 Å². The maximum absolute atomic E-state index is 11.9. The molecule has 1 aromatic heterocycles. The molecule has 2 aromatic rings. The highest BCUT2D eigenvalue weighted by Crippen LogP contribution is 2.22. The summed E-state index contributed by atoms with van der Waals surface area (Å²) in [4.78, 5) is 11.9. The van der Waals surface area contributed by atoms with Gasteiger partial charge in [-0.1, -0.05) is 19.1 Å². The first-order chi connectivity index (χ1) is 10.0. The van der Waals surface area contributed by atoms with E-state index in [1.165, 1.54) is 0 Å². The number of nitrogens with zero attached hydrogens (tertiary/aromatic N) is 2. The summed E-state index contributed by atoms with van der Waals surface area (Å²) >= 11 is 3.50. The average molecular weight is 352 g/mol. The highest BCUT2D eigenvalue weighted by molar-refractivity contribution is 9.10. The van der Waals surface area contributed by atoms with Crippen LogP contribution in [0.4, 0.5) is 5.69 Å². The van der Waals surface area contributed by atoms with Crippen molar-refractivity contribution in [2.24, 2.45) is 7.05 Å². The van der Waals surface area contributed by atoms with Crippen LogP contribution in [0.25, 0.3) is 0 Å². The van der Waals surface area contributed by atoms with Crippen LogP contribution in [0.1, 0.15) is 23.9 Å². The minimum atomic E-state index is -0.285. The maximum atomic E-state index is 11.9. The fourth-order valence-electron chi connectivity index (χ4n) is 2.05. The number of ether oxygens (including phenoxy) is 1. The predicted octanol–water partition coefficient (Wildman–Crippen LogP) is 2.61. The smallest absolute Gasteiger partial charge is 0.310 e. The minimum Gasteiger partial charge on any atom is -0.459 e. The monoisotopic (exact) mass is 351 g/mol. The Morgan fingerprint density at radius 3 is 2.86 bits per heavy atom. The first-order valence-corrected chi connectivity index (χ1v) is 7.50. The highest BCUT2D eigenvalue weighted by Gasteiger charge is 2.14. The van der Waals surface area contributed by atoms with Gasteiger partial charge < -0.3 is 10.5 Å². The third kappa shape index (κ3) is 3.85. The van der Waals surface area contributed by atoms with Crippen molar-refractivity contribution in [2.75, 3.05) is 5.73 Å². The number of carbonyl (C=O) groups is 1. The summed E-state index contributed by atoms with van der Waals surface area (Å²) in [6.07, 6.45) is 1.03. The summed E-state index contributed by atoms with van der Waals surface area (Å²) in [5.41, 5.74) is 8.99. The van der Waals surface area contributed by atoms with Crippen molar-refractivity contribution in [3.05, 3.63) is 45.7 Å². The Bertz CT molecular complexity index is 652. The number of halogens is 1. The lowest BCUT2D eigenvalue weighted by Gasteiger charge is -2.06. The third-order valence-corrected chi connectivity index (χ3v) is 4.09. The van der Waals surface area contributed by atoms with E-state index in [1.807, 2.05) is 26.1 Å². The molecule has 0 aliphatic heterocycles. The van der Waals surface area contributed by atoms with Gasteiger partial charge in [0.25, 0.3) is 0 Å². The summed E-state index contributed by atoms with van der Waals surface area (Å²) in [7, 11) is 1.84. The molecule has 0 unspecified atom stereocenters. The van der Waals surface area contributed by atoms with E-state index in [1.54, 1.807) is 16.8 Å². The van der Waals surface area contributed by atoms with Gasteiger partial charge >= 0.3 is 5.97 Å². The average Bonchev–Trinajstić information content (AvgIpc) is 2.71. The number of anilines is 1. The third-order valence-electron chi connectivity index (χ3n) is 3.17. The van der Waals surface area contributed by atoms with Crippen molar-refractivity contribution in [3.63, 3.8) is 0 Å². The van der Waals surface area contributed by atoms with Gasteiger partial charge in [-0.2, -0.15) is 5.10 Å². The Balaban J connectivity index is 1.97. The van der Waals surface area contributed by atoms with E-state index in [4.69, 9.17) is 10.5 Å². The summed E-state index contributed by atoms with van der Waals surface area (Å²) in [6.45, 7) is 2.23. The number of benzene rings is 1. The van der Waals surface area contributed by atoms with E-state index in [9.17, 15) is 4.79 Å². The molecule has 2 rings (SSSR count). The number of hydrogen-bond donors (Lipinski definition) is 1. The lowest BCUT2D eigenvalue weighted by Crippen LogP contribution is -2.10. The molecule has 0 saturated carbocycles. The van der Waals surface area contributed by atoms with Gasteiger partial charge in [0.1, 0.15) is 6.61 Å². The van der Waals surface area contributed by atoms with Crippen molar-refractivity contribution < 1.29 is 9.53 Å². The summed E-state index contributed by atoms with van der Waals surface area (Å²) < 4.78 is 7.96. The van der Waals surface area contributed by atoms with Crippen molar-refractivity contribution in [2.45, 2.75) is 26.4 Å². The van der Waals surface area contributed by atoms with E-state index in [2.05, 4.69) is 21.0 Å². The largest absolute Gasteiger partial charge is 0.459 e. The van der Waals surface area contributed by atoms with Crippen LogP contribution in [-0.4, -0.2) is 15.7 Å². The fourth-order valence-corrected chi connectivity index (χ4v) is 2.78. The highest BCUT2D eigenvalue weighted by atomic mass is 79.9. The molecule has 0 atom stereocenters. The Hall–Kier alpha value is -1.82. The Morgan fingerprint density at radius 2 is 2.24 bits per heavy atom. The second-order valence-corrected chi connectivity index (χ2v) is 5.56.